The Morgan fingerprint density at radius 2 is 1.56 bits per heavy atom. The first-order valence-electron chi connectivity index (χ1n) is 10.7. The molecule has 180 valence electrons. The van der Waals surface area contributed by atoms with Crippen LogP contribution in [0.25, 0.3) is 0 Å². The number of nitrogens with one attached hydrogen (secondary N) is 1. The van der Waals surface area contributed by atoms with Crippen molar-refractivity contribution in [3.05, 3.63) is 82.8 Å². The number of rotatable bonds is 10. The lowest BCUT2D eigenvalue weighted by Gasteiger charge is -2.25. The van der Waals surface area contributed by atoms with Crippen LogP contribution in [0.15, 0.2) is 82.2 Å². The van der Waals surface area contributed by atoms with Crippen molar-refractivity contribution in [3.63, 3.8) is 0 Å². The Morgan fingerprint density at radius 1 is 0.971 bits per heavy atom. The summed E-state index contributed by atoms with van der Waals surface area (Å²) in [6.45, 7) is 3.81. The lowest BCUT2D eigenvalue weighted by Crippen LogP contribution is -2.41. The third-order valence-electron chi connectivity index (χ3n) is 5.12. The molecule has 0 heterocycles. The first-order chi connectivity index (χ1) is 16.2. The molecule has 0 fully saturated rings. The van der Waals surface area contributed by atoms with Gasteiger partial charge in [-0.1, -0.05) is 28.1 Å². The molecule has 9 heteroatoms. The minimum absolute atomic E-state index is 0.0839. The highest BCUT2D eigenvalue weighted by atomic mass is 79.9. The van der Waals surface area contributed by atoms with E-state index >= 15 is 0 Å². The molecule has 0 bridgehead atoms. The molecule has 0 aromatic heterocycles. The van der Waals surface area contributed by atoms with E-state index in [1.54, 1.807) is 43.5 Å². The van der Waals surface area contributed by atoms with Crippen LogP contribution < -0.4 is 19.1 Å². The number of hydrogen-bond acceptors (Lipinski definition) is 5. The molecule has 0 saturated carbocycles. The van der Waals surface area contributed by atoms with Gasteiger partial charge in [0.05, 0.1) is 30.3 Å². The molecular weight excluding hydrogens is 520 g/mol. The Kier molecular flexibility index (Phi) is 8.57. The summed E-state index contributed by atoms with van der Waals surface area (Å²) in [5.41, 5.74) is 1.23. The second-order valence-corrected chi connectivity index (χ2v) is 10.2. The fraction of sp³-hybridized carbons (Fsp3) is 0.240. The Balaban J connectivity index is 1.86. The third-order valence-corrected chi connectivity index (χ3v) is 7.43. The van der Waals surface area contributed by atoms with Crippen molar-refractivity contribution in [2.24, 2.45) is 0 Å². The van der Waals surface area contributed by atoms with Crippen LogP contribution in [0.3, 0.4) is 0 Å². The summed E-state index contributed by atoms with van der Waals surface area (Å²) in [4.78, 5) is 13.0. The van der Waals surface area contributed by atoms with Crippen molar-refractivity contribution < 1.29 is 22.7 Å². The first-order valence-corrected chi connectivity index (χ1v) is 12.9. The number of carbonyl (C=O) groups excluding carboxylic acids is 1. The number of nitrogens with zero attached hydrogens (tertiary/aromatic N) is 1. The van der Waals surface area contributed by atoms with Gasteiger partial charge in [-0.25, -0.2) is 8.42 Å². The van der Waals surface area contributed by atoms with E-state index in [9.17, 15) is 13.2 Å². The molecule has 0 radical (unpaired) electrons. The molecule has 0 saturated heterocycles. The molecule has 3 aromatic rings. The second kappa shape index (κ2) is 11.4. The van der Waals surface area contributed by atoms with Gasteiger partial charge in [0.15, 0.2) is 0 Å². The van der Waals surface area contributed by atoms with E-state index in [1.165, 1.54) is 12.1 Å². The highest BCUT2D eigenvalue weighted by Crippen LogP contribution is 2.27. The van der Waals surface area contributed by atoms with Crippen LogP contribution in [0.5, 0.6) is 11.5 Å². The van der Waals surface area contributed by atoms with Crippen molar-refractivity contribution in [2.45, 2.75) is 24.8 Å². The Labute approximate surface area is 208 Å². The summed E-state index contributed by atoms with van der Waals surface area (Å²) in [5.74, 6) is 0.896. The third kappa shape index (κ3) is 6.30. The van der Waals surface area contributed by atoms with Crippen LogP contribution in [0, 0.1) is 0 Å². The molecule has 1 atom stereocenters. The standard InChI is InChI=1S/C25H27BrN2O5S/c1-4-33-23-13-9-21(10-14-23)28(34(30,31)24-15-7-20(26)8-16-24)17-25(29)27-18(2)19-5-11-22(32-3)12-6-19/h5-16,18H,4,17H2,1-3H3,(H,27,29)/t18-/m0/s1. The predicted molar refractivity (Wildman–Crippen MR) is 136 cm³/mol. The lowest BCUT2D eigenvalue weighted by atomic mass is 10.1. The maximum absolute atomic E-state index is 13.5. The van der Waals surface area contributed by atoms with Gasteiger partial charge in [0.25, 0.3) is 10.0 Å². The summed E-state index contributed by atoms with van der Waals surface area (Å²) in [6, 6.07) is 19.9. The fourth-order valence-corrected chi connectivity index (χ4v) is 5.00. The molecule has 0 aliphatic rings. The monoisotopic (exact) mass is 546 g/mol. The normalized spacial score (nSPS) is 12.0. The highest BCUT2D eigenvalue weighted by Gasteiger charge is 2.28. The number of carbonyl (C=O) groups is 1. The molecule has 0 spiro atoms. The smallest absolute Gasteiger partial charge is 0.264 e. The molecule has 1 N–H and O–H groups in total. The van der Waals surface area contributed by atoms with Crippen molar-refractivity contribution in [1.29, 1.82) is 0 Å². The lowest BCUT2D eigenvalue weighted by molar-refractivity contribution is -0.120. The van der Waals surface area contributed by atoms with Crippen LogP contribution in [-0.2, 0) is 14.8 Å². The van der Waals surface area contributed by atoms with Gasteiger partial charge in [-0.2, -0.15) is 0 Å². The van der Waals surface area contributed by atoms with Crippen LogP contribution in [-0.4, -0.2) is 34.6 Å². The summed E-state index contributed by atoms with van der Waals surface area (Å²) < 4.78 is 39.5. The number of benzene rings is 3. The minimum atomic E-state index is -4.01. The van der Waals surface area contributed by atoms with Crippen LogP contribution in [0.2, 0.25) is 0 Å². The van der Waals surface area contributed by atoms with E-state index in [2.05, 4.69) is 21.2 Å². The molecule has 0 aliphatic carbocycles. The van der Waals surface area contributed by atoms with Gasteiger partial charge in [-0.15, -0.1) is 0 Å². The molecule has 0 unspecified atom stereocenters. The van der Waals surface area contributed by atoms with E-state index in [-0.39, 0.29) is 17.5 Å². The Hall–Kier alpha value is -3.04. The van der Waals surface area contributed by atoms with Gasteiger partial charge in [0, 0.05) is 4.47 Å². The van der Waals surface area contributed by atoms with Crippen LogP contribution in [0.1, 0.15) is 25.5 Å². The second-order valence-electron chi connectivity index (χ2n) is 7.45. The largest absolute Gasteiger partial charge is 0.497 e. The zero-order chi connectivity index (χ0) is 24.7. The van der Waals surface area contributed by atoms with E-state index < -0.39 is 15.9 Å². The molecule has 34 heavy (non-hydrogen) atoms. The zero-order valence-electron chi connectivity index (χ0n) is 19.2. The average molecular weight is 547 g/mol. The van der Waals surface area contributed by atoms with Gasteiger partial charge in [0.2, 0.25) is 5.91 Å². The number of hydrogen-bond donors (Lipinski definition) is 1. The van der Waals surface area contributed by atoms with Gasteiger partial charge >= 0.3 is 0 Å². The molecular formula is C25H27BrN2O5S. The number of halogens is 1. The number of amides is 1. The molecule has 0 aliphatic heterocycles. The van der Waals surface area contributed by atoms with E-state index in [0.29, 0.717) is 23.8 Å². The first kappa shape index (κ1) is 25.6. The molecule has 7 nitrogen and oxygen atoms in total. The van der Waals surface area contributed by atoms with Crippen LogP contribution >= 0.6 is 15.9 Å². The average Bonchev–Trinajstić information content (AvgIpc) is 2.83. The number of sulfonamides is 1. The zero-order valence-corrected chi connectivity index (χ0v) is 21.6. The van der Waals surface area contributed by atoms with Crippen molar-refractivity contribution in [1.82, 2.24) is 5.32 Å². The summed E-state index contributed by atoms with van der Waals surface area (Å²) in [5, 5.41) is 2.88. The molecule has 1 amide bonds. The van der Waals surface area contributed by atoms with E-state index in [4.69, 9.17) is 9.47 Å². The van der Waals surface area contributed by atoms with Gasteiger partial charge < -0.3 is 14.8 Å². The highest BCUT2D eigenvalue weighted by molar-refractivity contribution is 9.10. The maximum atomic E-state index is 13.5. The van der Waals surface area contributed by atoms with Gasteiger partial charge in [-0.05, 0) is 80.1 Å². The summed E-state index contributed by atoms with van der Waals surface area (Å²) >= 11 is 3.32. The number of ether oxygens (including phenoxy) is 2. The van der Waals surface area contributed by atoms with Gasteiger partial charge in [-0.3, -0.25) is 9.10 Å². The van der Waals surface area contributed by atoms with Crippen LogP contribution in [0.4, 0.5) is 5.69 Å². The Bertz CT molecular complexity index is 1200. The number of methoxy groups -OCH3 is 1. The topological polar surface area (TPSA) is 84.9 Å². The van der Waals surface area contributed by atoms with E-state index in [1.807, 2.05) is 38.1 Å². The minimum Gasteiger partial charge on any atom is -0.497 e. The quantitative estimate of drug-likeness (QED) is 0.389. The summed E-state index contributed by atoms with van der Waals surface area (Å²) in [6.07, 6.45) is 0. The SMILES string of the molecule is CCOc1ccc(N(CC(=O)N[C@@H](C)c2ccc(OC)cc2)S(=O)(=O)c2ccc(Br)cc2)cc1. The molecule has 3 rings (SSSR count). The van der Waals surface area contributed by atoms with Crippen molar-refractivity contribution in [3.8, 4) is 11.5 Å². The van der Waals surface area contributed by atoms with Gasteiger partial charge in [0.1, 0.15) is 18.0 Å². The van der Waals surface area contributed by atoms with Crippen molar-refractivity contribution in [2.75, 3.05) is 24.6 Å². The van der Waals surface area contributed by atoms with Crippen molar-refractivity contribution >= 4 is 37.5 Å². The number of anilines is 1. The van der Waals surface area contributed by atoms with E-state index in [0.717, 1.165) is 14.3 Å². The maximum Gasteiger partial charge on any atom is 0.264 e. The molecule has 3 aromatic carbocycles. The predicted octanol–water partition coefficient (Wildman–Crippen LogP) is 4.93. The fourth-order valence-electron chi connectivity index (χ4n) is 3.32. The summed E-state index contributed by atoms with van der Waals surface area (Å²) in [7, 11) is -2.42. The Morgan fingerprint density at radius 3 is 2.12 bits per heavy atom.